The number of amides is 1. The zero-order valence-electron chi connectivity index (χ0n) is 13.2. The lowest BCUT2D eigenvalue weighted by Crippen LogP contribution is -2.44. The Morgan fingerprint density at radius 1 is 1.29 bits per heavy atom. The van der Waals surface area contributed by atoms with E-state index in [0.717, 1.165) is 0 Å². The fourth-order valence-corrected chi connectivity index (χ4v) is 4.52. The topological polar surface area (TPSA) is 80.8 Å². The molecule has 132 valence electrons. The van der Waals surface area contributed by atoms with Gasteiger partial charge in [-0.25, -0.2) is 13.2 Å². The van der Waals surface area contributed by atoms with Gasteiger partial charge in [0, 0.05) is 13.1 Å². The number of hydrogen-bond acceptors (Lipinski definition) is 5. The quantitative estimate of drug-likeness (QED) is 0.732. The minimum Gasteiger partial charge on any atom is -0.449 e. The number of benzene rings is 1. The third-order valence-electron chi connectivity index (χ3n) is 3.89. The molecule has 0 spiro atoms. The molecule has 0 aromatic heterocycles. The summed E-state index contributed by atoms with van der Waals surface area (Å²) in [4.78, 5) is 25.7. The van der Waals surface area contributed by atoms with Crippen LogP contribution in [0.3, 0.4) is 0 Å². The Balaban J connectivity index is 2.00. The Kier molecular flexibility index (Phi) is 5.78. The minimum absolute atomic E-state index is 0.0622. The van der Waals surface area contributed by atoms with Crippen molar-refractivity contribution in [2.24, 2.45) is 0 Å². The summed E-state index contributed by atoms with van der Waals surface area (Å²) in [5.74, 6) is -1.16. The fourth-order valence-electron chi connectivity index (χ4n) is 2.45. The maximum absolute atomic E-state index is 12.3. The van der Waals surface area contributed by atoms with Crippen molar-refractivity contribution in [1.29, 1.82) is 0 Å². The van der Waals surface area contributed by atoms with Crippen LogP contribution < -0.4 is 0 Å². The molecule has 6 nitrogen and oxygen atoms in total. The molecule has 2 rings (SSSR count). The number of rotatable bonds is 4. The second kappa shape index (κ2) is 7.29. The van der Waals surface area contributed by atoms with Crippen LogP contribution in [0.25, 0.3) is 0 Å². The molecule has 1 fully saturated rings. The number of hydrogen-bond donors (Lipinski definition) is 0. The third kappa shape index (κ3) is 4.40. The summed E-state index contributed by atoms with van der Waals surface area (Å²) in [7, 11) is -1.59. The molecular weight excluding hydrogens is 377 g/mol. The van der Waals surface area contributed by atoms with Gasteiger partial charge in [0.15, 0.2) is 15.9 Å². The molecule has 1 aliphatic rings. The Labute approximate surface area is 150 Å². The Bertz CT molecular complexity index is 765. The molecule has 9 heteroatoms. The van der Waals surface area contributed by atoms with Crippen LogP contribution in [0.1, 0.15) is 23.7 Å². The lowest BCUT2D eigenvalue weighted by Gasteiger charge is -2.26. The van der Waals surface area contributed by atoms with Crippen molar-refractivity contribution in [2.45, 2.75) is 25.5 Å². The van der Waals surface area contributed by atoms with Crippen molar-refractivity contribution in [3.63, 3.8) is 0 Å². The monoisotopic (exact) mass is 393 g/mol. The van der Waals surface area contributed by atoms with Gasteiger partial charge in [-0.2, -0.15) is 0 Å². The molecule has 0 unspecified atom stereocenters. The van der Waals surface area contributed by atoms with Crippen LogP contribution in [-0.2, 0) is 19.4 Å². The predicted molar refractivity (Wildman–Crippen MR) is 91.2 cm³/mol. The summed E-state index contributed by atoms with van der Waals surface area (Å²) in [5, 5.41) is 0.512. The van der Waals surface area contributed by atoms with Crippen LogP contribution in [0.5, 0.6) is 0 Å². The predicted octanol–water partition coefficient (Wildman–Crippen LogP) is 2.18. The van der Waals surface area contributed by atoms with Gasteiger partial charge < -0.3 is 9.64 Å². The van der Waals surface area contributed by atoms with E-state index >= 15 is 0 Å². The van der Waals surface area contributed by atoms with Crippen molar-refractivity contribution < 1.29 is 22.7 Å². The summed E-state index contributed by atoms with van der Waals surface area (Å²) in [6.45, 7) is 1.44. The van der Waals surface area contributed by atoms with E-state index in [1.54, 1.807) is 0 Å². The van der Waals surface area contributed by atoms with Crippen LogP contribution in [0.15, 0.2) is 18.2 Å². The third-order valence-corrected chi connectivity index (χ3v) is 6.38. The number of carbonyl (C=O) groups is 2. The molecule has 1 aliphatic heterocycles. The SMILES string of the molecule is C[C@@H](OC(=O)c1ccc(Cl)c(Cl)c1)C(=O)N(C)[C@@H]1CCS(=O)(=O)C1. The van der Waals surface area contributed by atoms with Gasteiger partial charge in [-0.15, -0.1) is 0 Å². The molecule has 24 heavy (non-hydrogen) atoms. The van der Waals surface area contributed by atoms with Gasteiger partial charge >= 0.3 is 5.97 Å². The lowest BCUT2D eigenvalue weighted by atomic mass is 10.2. The maximum Gasteiger partial charge on any atom is 0.338 e. The number of ether oxygens (including phenoxy) is 1. The standard InChI is InChI=1S/C15H17Cl2NO5S/c1-9(14(19)18(2)11-5-6-24(21,22)8-11)23-15(20)10-3-4-12(16)13(17)7-10/h3-4,7,9,11H,5-6,8H2,1-2H3/t9-,11-/m1/s1. The number of sulfone groups is 1. The summed E-state index contributed by atoms with van der Waals surface area (Å²) < 4.78 is 28.2. The Hall–Kier alpha value is -1.31. The Morgan fingerprint density at radius 3 is 2.50 bits per heavy atom. The second-order valence-electron chi connectivity index (χ2n) is 5.68. The molecular formula is C15H17Cl2NO5S. The average molecular weight is 394 g/mol. The van der Waals surface area contributed by atoms with E-state index in [2.05, 4.69) is 0 Å². The summed E-state index contributed by atoms with van der Waals surface area (Å²) in [6, 6.07) is 3.87. The highest BCUT2D eigenvalue weighted by Crippen LogP contribution is 2.23. The van der Waals surface area contributed by atoms with Crippen LogP contribution in [0.2, 0.25) is 10.0 Å². The largest absolute Gasteiger partial charge is 0.449 e. The zero-order valence-corrected chi connectivity index (χ0v) is 15.5. The zero-order chi connectivity index (χ0) is 18.1. The maximum atomic E-state index is 12.3. The number of nitrogens with zero attached hydrogens (tertiary/aromatic N) is 1. The van der Waals surface area contributed by atoms with Crippen LogP contribution >= 0.6 is 23.2 Å². The first-order chi connectivity index (χ1) is 11.1. The normalized spacial score (nSPS) is 20.4. The second-order valence-corrected chi connectivity index (χ2v) is 8.73. The smallest absolute Gasteiger partial charge is 0.338 e. The van der Waals surface area contributed by atoms with Crippen molar-refractivity contribution >= 4 is 44.9 Å². The van der Waals surface area contributed by atoms with E-state index in [1.165, 1.54) is 37.1 Å². The van der Waals surface area contributed by atoms with Gasteiger partial charge in [0.2, 0.25) is 0 Å². The molecule has 1 aromatic rings. The number of likely N-dealkylation sites (N-methyl/N-ethyl adjacent to an activating group) is 1. The molecule has 0 radical (unpaired) electrons. The number of halogens is 2. The molecule has 0 bridgehead atoms. The highest BCUT2D eigenvalue weighted by Gasteiger charge is 2.35. The lowest BCUT2D eigenvalue weighted by molar-refractivity contribution is -0.140. The molecule has 1 amide bonds. The highest BCUT2D eigenvalue weighted by atomic mass is 35.5. The van der Waals surface area contributed by atoms with Gasteiger partial charge in [0.05, 0.1) is 27.1 Å². The van der Waals surface area contributed by atoms with E-state index in [1.807, 2.05) is 0 Å². The summed E-state index contributed by atoms with van der Waals surface area (Å²) in [6.07, 6.45) is -0.654. The fraction of sp³-hybridized carbons (Fsp3) is 0.467. The molecule has 0 saturated carbocycles. The van der Waals surface area contributed by atoms with Gasteiger partial charge in [0.1, 0.15) is 0 Å². The first-order valence-electron chi connectivity index (χ1n) is 7.24. The van der Waals surface area contributed by atoms with Crippen molar-refractivity contribution in [1.82, 2.24) is 4.90 Å². The van der Waals surface area contributed by atoms with Gasteiger partial charge in [-0.1, -0.05) is 23.2 Å². The average Bonchev–Trinajstić information content (AvgIpc) is 2.88. The molecule has 1 saturated heterocycles. The van der Waals surface area contributed by atoms with Gasteiger partial charge in [0.25, 0.3) is 5.91 Å². The number of carbonyl (C=O) groups excluding carboxylic acids is 2. The first-order valence-corrected chi connectivity index (χ1v) is 9.81. The van der Waals surface area contributed by atoms with E-state index < -0.39 is 33.9 Å². The van der Waals surface area contributed by atoms with E-state index in [4.69, 9.17) is 27.9 Å². The Morgan fingerprint density at radius 2 is 1.96 bits per heavy atom. The van der Waals surface area contributed by atoms with Crippen molar-refractivity contribution in [3.8, 4) is 0 Å². The molecule has 0 N–H and O–H groups in total. The summed E-state index contributed by atoms with van der Waals surface area (Å²) >= 11 is 11.6. The van der Waals surface area contributed by atoms with Crippen molar-refractivity contribution in [2.75, 3.05) is 18.6 Å². The van der Waals surface area contributed by atoms with E-state index in [-0.39, 0.29) is 22.1 Å². The van der Waals surface area contributed by atoms with Crippen LogP contribution in [0, 0.1) is 0 Å². The van der Waals surface area contributed by atoms with E-state index in [0.29, 0.717) is 11.4 Å². The highest BCUT2D eigenvalue weighted by molar-refractivity contribution is 7.91. The molecule has 1 heterocycles. The first kappa shape index (κ1) is 19.0. The minimum atomic E-state index is -3.10. The molecule has 0 aliphatic carbocycles. The van der Waals surface area contributed by atoms with Crippen LogP contribution in [-0.4, -0.2) is 55.9 Å². The molecule has 2 atom stereocenters. The molecule has 1 aromatic carbocycles. The van der Waals surface area contributed by atoms with E-state index in [9.17, 15) is 18.0 Å². The summed E-state index contributed by atoms with van der Waals surface area (Å²) in [5.41, 5.74) is 0.176. The van der Waals surface area contributed by atoms with Gasteiger partial charge in [-0.3, -0.25) is 4.79 Å². The van der Waals surface area contributed by atoms with Crippen molar-refractivity contribution in [3.05, 3.63) is 33.8 Å². The number of esters is 1. The van der Waals surface area contributed by atoms with Gasteiger partial charge in [-0.05, 0) is 31.5 Å². The van der Waals surface area contributed by atoms with Crippen LogP contribution in [0.4, 0.5) is 0 Å².